The third kappa shape index (κ3) is 1.56. The van der Waals surface area contributed by atoms with Gasteiger partial charge in [0, 0.05) is 5.39 Å². The van der Waals surface area contributed by atoms with Gasteiger partial charge in [0.1, 0.15) is 0 Å². The van der Waals surface area contributed by atoms with Crippen molar-refractivity contribution in [3.8, 4) is 5.75 Å². The van der Waals surface area contributed by atoms with Crippen LogP contribution in [0, 0.1) is 0 Å². The first-order chi connectivity index (χ1) is 9.67. The Morgan fingerprint density at radius 2 is 2.10 bits per heavy atom. The molecule has 2 aromatic heterocycles. The third-order valence-corrected chi connectivity index (χ3v) is 3.03. The number of aromatic nitrogens is 2. The van der Waals surface area contributed by atoms with Crippen LogP contribution in [0.3, 0.4) is 0 Å². The molecule has 0 amide bonds. The molecule has 0 aliphatic carbocycles. The van der Waals surface area contributed by atoms with Crippen molar-refractivity contribution in [3.05, 3.63) is 34.2 Å². The van der Waals surface area contributed by atoms with Crippen LogP contribution >= 0.6 is 0 Å². The Bertz CT molecular complexity index is 877. The van der Waals surface area contributed by atoms with Crippen LogP contribution in [0.15, 0.2) is 27.5 Å². The van der Waals surface area contributed by atoms with Crippen LogP contribution in [0.1, 0.15) is 10.4 Å². The summed E-state index contributed by atoms with van der Waals surface area (Å²) >= 11 is 0. The molecule has 7 nitrogen and oxygen atoms in total. The molecule has 0 saturated carbocycles. The largest absolute Gasteiger partial charge is 0.493 e. The molecule has 1 aromatic carbocycles. The number of aromatic amines is 1. The Balaban J connectivity index is 2.55. The number of ether oxygens (including phenoxy) is 2. The zero-order valence-corrected chi connectivity index (χ0v) is 10.7. The van der Waals surface area contributed by atoms with Crippen molar-refractivity contribution in [3.63, 3.8) is 0 Å². The van der Waals surface area contributed by atoms with Crippen LogP contribution in [0.25, 0.3) is 21.9 Å². The number of fused-ring (bicyclic) bond motifs is 3. The number of carbonyl (C=O) groups excluding carboxylic acids is 1. The average Bonchev–Trinajstić information content (AvgIpc) is 2.86. The van der Waals surface area contributed by atoms with Crippen molar-refractivity contribution >= 4 is 27.9 Å². The first-order valence-corrected chi connectivity index (χ1v) is 5.72. The summed E-state index contributed by atoms with van der Waals surface area (Å²) in [7, 11) is 2.76. The van der Waals surface area contributed by atoms with Crippen molar-refractivity contribution < 1.29 is 18.7 Å². The molecule has 0 spiro atoms. The summed E-state index contributed by atoms with van der Waals surface area (Å²) in [4.78, 5) is 23.6. The predicted octanol–water partition coefficient (Wildman–Crippen LogP) is 1.46. The lowest BCUT2D eigenvalue weighted by molar-refractivity contribution is 0.0603. The highest BCUT2D eigenvalue weighted by atomic mass is 16.5. The Morgan fingerprint density at radius 3 is 2.80 bits per heavy atom. The minimum Gasteiger partial charge on any atom is -0.493 e. The van der Waals surface area contributed by atoms with Gasteiger partial charge in [-0.1, -0.05) is 0 Å². The molecule has 102 valence electrons. The average molecular weight is 274 g/mol. The molecule has 2 heterocycles. The molecule has 20 heavy (non-hydrogen) atoms. The summed E-state index contributed by atoms with van der Waals surface area (Å²) in [6.45, 7) is 0. The van der Waals surface area contributed by atoms with Gasteiger partial charge in [0.15, 0.2) is 11.3 Å². The highest BCUT2D eigenvalue weighted by Crippen LogP contribution is 2.35. The highest BCUT2D eigenvalue weighted by Gasteiger charge is 2.21. The standard InChI is InChI=1S/C13H10N2O5/c1-18-8-4-3-6(13(17)19-2)9-7-5-14-15-12(16)10(7)20-11(8)9/h3-5H,1-2H3,(H,15,16). The van der Waals surface area contributed by atoms with Gasteiger partial charge in [-0.05, 0) is 12.1 Å². The minimum absolute atomic E-state index is 0.0876. The van der Waals surface area contributed by atoms with E-state index in [1.807, 2.05) is 0 Å². The van der Waals surface area contributed by atoms with Crippen LogP contribution in [0.4, 0.5) is 0 Å². The van der Waals surface area contributed by atoms with E-state index in [2.05, 4.69) is 10.2 Å². The Morgan fingerprint density at radius 1 is 1.30 bits per heavy atom. The van der Waals surface area contributed by atoms with Crippen LogP contribution < -0.4 is 10.3 Å². The van der Waals surface area contributed by atoms with E-state index >= 15 is 0 Å². The summed E-state index contributed by atoms with van der Waals surface area (Å²) in [5, 5.41) is 6.89. The lowest BCUT2D eigenvalue weighted by Crippen LogP contribution is -2.06. The summed E-state index contributed by atoms with van der Waals surface area (Å²) in [5.41, 5.74) is 0.208. The second-order valence-corrected chi connectivity index (χ2v) is 4.06. The smallest absolute Gasteiger partial charge is 0.338 e. The quantitative estimate of drug-likeness (QED) is 0.711. The van der Waals surface area contributed by atoms with E-state index in [4.69, 9.17) is 13.9 Å². The van der Waals surface area contributed by atoms with Crippen molar-refractivity contribution in [2.45, 2.75) is 0 Å². The molecule has 0 fully saturated rings. The number of benzene rings is 1. The minimum atomic E-state index is -0.527. The van der Waals surface area contributed by atoms with Crippen molar-refractivity contribution in [2.24, 2.45) is 0 Å². The predicted molar refractivity (Wildman–Crippen MR) is 70.0 cm³/mol. The molecule has 1 N–H and O–H groups in total. The van der Waals surface area contributed by atoms with E-state index in [1.165, 1.54) is 20.4 Å². The Hall–Kier alpha value is -2.83. The van der Waals surface area contributed by atoms with Gasteiger partial charge in [-0.25, -0.2) is 9.89 Å². The summed E-state index contributed by atoms with van der Waals surface area (Å²) in [6.07, 6.45) is 1.43. The van der Waals surface area contributed by atoms with Gasteiger partial charge in [-0.2, -0.15) is 5.10 Å². The summed E-state index contributed by atoms with van der Waals surface area (Å²) < 4.78 is 15.4. The van der Waals surface area contributed by atoms with Crippen LogP contribution in [0.2, 0.25) is 0 Å². The lowest BCUT2D eigenvalue weighted by Gasteiger charge is -2.04. The molecule has 7 heteroatoms. The number of nitrogens with zero attached hydrogens (tertiary/aromatic N) is 1. The topological polar surface area (TPSA) is 94.4 Å². The van der Waals surface area contributed by atoms with Crippen LogP contribution in [0.5, 0.6) is 5.75 Å². The second-order valence-electron chi connectivity index (χ2n) is 4.06. The number of methoxy groups -OCH3 is 2. The molecular weight excluding hydrogens is 264 g/mol. The first-order valence-electron chi connectivity index (χ1n) is 5.72. The zero-order chi connectivity index (χ0) is 14.3. The maximum absolute atomic E-state index is 11.8. The van der Waals surface area contributed by atoms with E-state index in [1.54, 1.807) is 12.1 Å². The maximum Gasteiger partial charge on any atom is 0.338 e. The van der Waals surface area contributed by atoms with Gasteiger partial charge in [0.25, 0.3) is 0 Å². The number of nitrogens with one attached hydrogen (secondary N) is 1. The first kappa shape index (κ1) is 12.2. The molecule has 0 atom stereocenters. The second kappa shape index (κ2) is 4.37. The number of carbonyl (C=O) groups is 1. The Kier molecular flexibility index (Phi) is 2.67. The van der Waals surface area contributed by atoms with Gasteiger partial charge in [-0.3, -0.25) is 4.79 Å². The molecule has 0 saturated heterocycles. The van der Waals surface area contributed by atoms with E-state index in [0.717, 1.165) is 0 Å². The number of furan rings is 1. The van der Waals surface area contributed by atoms with Crippen LogP contribution in [-0.2, 0) is 4.74 Å². The van der Waals surface area contributed by atoms with Gasteiger partial charge in [0.2, 0.25) is 5.58 Å². The molecule has 0 bridgehead atoms. The van der Waals surface area contributed by atoms with Crippen molar-refractivity contribution in [1.29, 1.82) is 0 Å². The monoisotopic (exact) mass is 274 g/mol. The van der Waals surface area contributed by atoms with Gasteiger partial charge >= 0.3 is 11.5 Å². The summed E-state index contributed by atoms with van der Waals surface area (Å²) in [5.74, 6) is -0.108. The van der Waals surface area contributed by atoms with Gasteiger partial charge in [0.05, 0.1) is 31.4 Å². The SMILES string of the molecule is COC(=O)c1ccc(OC)c2oc3c(=O)[nH]ncc3c12. The molecule has 0 aliphatic rings. The van der Waals surface area contributed by atoms with Crippen LogP contribution in [-0.4, -0.2) is 30.4 Å². The molecule has 3 aromatic rings. The molecule has 3 rings (SSSR count). The lowest BCUT2D eigenvalue weighted by atomic mass is 10.1. The number of hydrogen-bond donors (Lipinski definition) is 1. The highest BCUT2D eigenvalue weighted by molar-refractivity contribution is 6.16. The van der Waals surface area contributed by atoms with E-state index in [-0.39, 0.29) is 11.1 Å². The zero-order valence-electron chi connectivity index (χ0n) is 10.7. The maximum atomic E-state index is 11.8. The normalized spacial score (nSPS) is 10.9. The summed E-state index contributed by atoms with van der Waals surface area (Å²) in [6, 6.07) is 3.14. The number of hydrogen-bond acceptors (Lipinski definition) is 6. The fraction of sp³-hybridized carbons (Fsp3) is 0.154. The number of H-pyrrole nitrogens is 1. The molecular formula is C13H10N2O5. The molecule has 0 unspecified atom stereocenters. The van der Waals surface area contributed by atoms with E-state index in [9.17, 15) is 9.59 Å². The Labute approximate surface area is 112 Å². The fourth-order valence-corrected chi connectivity index (χ4v) is 2.14. The van der Waals surface area contributed by atoms with E-state index < -0.39 is 11.5 Å². The molecule has 0 radical (unpaired) electrons. The van der Waals surface area contributed by atoms with E-state index in [0.29, 0.717) is 22.1 Å². The van der Waals surface area contributed by atoms with Crippen molar-refractivity contribution in [1.82, 2.24) is 10.2 Å². The number of rotatable bonds is 2. The van der Waals surface area contributed by atoms with Gasteiger partial charge < -0.3 is 13.9 Å². The fourth-order valence-electron chi connectivity index (χ4n) is 2.14. The third-order valence-electron chi connectivity index (χ3n) is 3.03. The molecule has 0 aliphatic heterocycles. The number of esters is 1. The van der Waals surface area contributed by atoms with Crippen molar-refractivity contribution in [2.75, 3.05) is 14.2 Å². The van der Waals surface area contributed by atoms with Gasteiger partial charge in [-0.15, -0.1) is 0 Å².